The molecule has 0 spiro atoms. The minimum absolute atomic E-state index is 0.209. The molecule has 0 aromatic heterocycles. The Balaban J connectivity index is 2.59. The second kappa shape index (κ2) is 4.01. The Kier molecular flexibility index (Phi) is 3.35. The van der Waals surface area contributed by atoms with Crippen molar-refractivity contribution in [2.75, 3.05) is 25.4 Å². The van der Waals surface area contributed by atoms with Crippen molar-refractivity contribution in [3.05, 3.63) is 0 Å². The zero-order chi connectivity index (χ0) is 10.8. The van der Waals surface area contributed by atoms with Gasteiger partial charge in [-0.15, -0.1) is 0 Å². The molecule has 0 atom stereocenters. The van der Waals surface area contributed by atoms with Crippen LogP contribution in [0.2, 0.25) is 0 Å². The Hall–Kier alpha value is -0.380. The minimum Gasteiger partial charge on any atom is -0.435 e. The molecular weight excluding hydrogens is 200 g/mol. The van der Waals surface area contributed by atoms with E-state index in [1.165, 1.54) is 0 Å². The van der Waals surface area contributed by atoms with E-state index in [0.29, 0.717) is 6.61 Å². The minimum atomic E-state index is -0.864. The van der Waals surface area contributed by atoms with Gasteiger partial charge in [-0.3, -0.25) is 0 Å². The first kappa shape index (κ1) is 11.7. The van der Waals surface area contributed by atoms with E-state index in [1.807, 2.05) is 0 Å². The van der Waals surface area contributed by atoms with Crippen LogP contribution in [0.25, 0.3) is 0 Å². The largest absolute Gasteiger partial charge is 0.509 e. The van der Waals surface area contributed by atoms with Gasteiger partial charge in [0, 0.05) is 0 Å². The Morgan fingerprint density at radius 1 is 1.36 bits per heavy atom. The third kappa shape index (κ3) is 2.16. The van der Waals surface area contributed by atoms with Gasteiger partial charge in [-0.05, 0) is 45.0 Å². The molecule has 0 unspecified atom stereocenters. The molecule has 0 saturated heterocycles. The van der Waals surface area contributed by atoms with Gasteiger partial charge in [-0.25, -0.2) is 14.8 Å². The van der Waals surface area contributed by atoms with Crippen LogP contribution in [0.3, 0.4) is 0 Å². The molecule has 0 heterocycles. The van der Waals surface area contributed by atoms with Crippen LogP contribution < -0.4 is 0 Å². The summed E-state index contributed by atoms with van der Waals surface area (Å²) < 4.78 is 10.3. The zero-order valence-electron chi connectivity index (χ0n) is 9.46. The molecule has 84 valence electrons. The van der Waals surface area contributed by atoms with Crippen molar-refractivity contribution >= 4 is 16.2 Å². The summed E-state index contributed by atoms with van der Waals surface area (Å²) in [7, 11) is -0.864. The number of hydrogen-bond donors (Lipinski definition) is 0. The van der Waals surface area contributed by atoms with Crippen LogP contribution in [0.4, 0.5) is 4.79 Å². The predicted octanol–water partition coefficient (Wildman–Crippen LogP) is 2.73. The number of carbonyl (C=O) groups is 1. The lowest BCUT2D eigenvalue weighted by atomic mass is 9.95. The summed E-state index contributed by atoms with van der Waals surface area (Å²) in [5.74, 6) is 0. The van der Waals surface area contributed by atoms with E-state index < -0.39 is 16.2 Å². The van der Waals surface area contributed by atoms with Crippen molar-refractivity contribution in [1.82, 2.24) is 0 Å². The predicted molar refractivity (Wildman–Crippen MR) is 60.1 cm³/mol. The molecule has 0 aromatic carbocycles. The lowest BCUT2D eigenvalue weighted by Crippen LogP contribution is -2.45. The standard InChI is InChI=1S/C10H20O3S/c1-5-12-9(11)13-10(7-6-8-10)14(2,3)4/h5-8H2,1-4H3. The summed E-state index contributed by atoms with van der Waals surface area (Å²) >= 11 is 0. The van der Waals surface area contributed by atoms with Crippen molar-refractivity contribution in [3.8, 4) is 0 Å². The van der Waals surface area contributed by atoms with Crippen LogP contribution in [0.1, 0.15) is 26.2 Å². The van der Waals surface area contributed by atoms with E-state index in [2.05, 4.69) is 18.8 Å². The van der Waals surface area contributed by atoms with Crippen LogP contribution in [0, 0.1) is 0 Å². The van der Waals surface area contributed by atoms with E-state index in [9.17, 15) is 4.79 Å². The van der Waals surface area contributed by atoms with E-state index in [-0.39, 0.29) is 4.93 Å². The first-order valence-corrected chi connectivity index (χ1v) is 7.81. The highest BCUT2D eigenvalue weighted by atomic mass is 32.3. The van der Waals surface area contributed by atoms with Crippen LogP contribution >= 0.6 is 10.0 Å². The zero-order valence-corrected chi connectivity index (χ0v) is 10.3. The number of ether oxygens (including phenoxy) is 2. The molecule has 0 radical (unpaired) electrons. The topological polar surface area (TPSA) is 35.5 Å². The quantitative estimate of drug-likeness (QED) is 0.686. The van der Waals surface area contributed by atoms with E-state index in [1.54, 1.807) is 6.92 Å². The fraction of sp³-hybridized carbons (Fsp3) is 0.900. The highest BCUT2D eigenvalue weighted by Crippen LogP contribution is 2.61. The number of hydrogen-bond acceptors (Lipinski definition) is 3. The monoisotopic (exact) mass is 220 g/mol. The molecule has 1 fully saturated rings. The van der Waals surface area contributed by atoms with Crippen LogP contribution in [-0.2, 0) is 9.47 Å². The Labute approximate surface area is 87.5 Å². The van der Waals surface area contributed by atoms with Gasteiger partial charge in [0.2, 0.25) is 0 Å². The molecule has 0 amide bonds. The first-order chi connectivity index (χ1) is 6.41. The van der Waals surface area contributed by atoms with Crippen LogP contribution in [-0.4, -0.2) is 36.5 Å². The highest BCUT2D eigenvalue weighted by Gasteiger charge is 2.48. The maximum absolute atomic E-state index is 11.3. The molecular formula is C10H20O3S. The second-order valence-electron chi connectivity index (χ2n) is 4.39. The van der Waals surface area contributed by atoms with Gasteiger partial charge >= 0.3 is 6.16 Å². The summed E-state index contributed by atoms with van der Waals surface area (Å²) in [6.07, 6.45) is 9.19. The summed E-state index contributed by atoms with van der Waals surface area (Å²) in [5.41, 5.74) is 0. The number of carbonyl (C=O) groups excluding carboxylic acids is 1. The lowest BCUT2D eigenvalue weighted by molar-refractivity contribution is -0.0234. The molecule has 0 aromatic rings. The van der Waals surface area contributed by atoms with E-state index in [4.69, 9.17) is 9.47 Å². The summed E-state index contributed by atoms with van der Waals surface area (Å²) in [5, 5.41) is 0. The maximum atomic E-state index is 11.3. The molecule has 0 aliphatic heterocycles. The molecule has 4 heteroatoms. The average Bonchev–Trinajstić information content (AvgIpc) is 1.94. The molecule has 0 bridgehead atoms. The summed E-state index contributed by atoms with van der Waals surface area (Å²) in [4.78, 5) is 11.1. The van der Waals surface area contributed by atoms with Crippen molar-refractivity contribution < 1.29 is 14.3 Å². The maximum Gasteiger partial charge on any atom is 0.509 e. The van der Waals surface area contributed by atoms with Gasteiger partial charge in [0.1, 0.15) is 4.93 Å². The molecule has 1 aliphatic rings. The Morgan fingerprint density at radius 2 is 1.93 bits per heavy atom. The second-order valence-corrected chi connectivity index (χ2v) is 8.80. The van der Waals surface area contributed by atoms with Crippen molar-refractivity contribution in [2.45, 2.75) is 31.1 Å². The molecule has 0 N–H and O–H groups in total. The average molecular weight is 220 g/mol. The van der Waals surface area contributed by atoms with Crippen molar-refractivity contribution in [3.63, 3.8) is 0 Å². The van der Waals surface area contributed by atoms with Gasteiger partial charge in [0.25, 0.3) is 0 Å². The van der Waals surface area contributed by atoms with Gasteiger partial charge in [-0.1, -0.05) is 0 Å². The third-order valence-corrected chi connectivity index (χ3v) is 5.49. The molecule has 3 nitrogen and oxygen atoms in total. The van der Waals surface area contributed by atoms with Gasteiger partial charge < -0.3 is 9.47 Å². The fourth-order valence-corrected chi connectivity index (χ4v) is 3.44. The van der Waals surface area contributed by atoms with Crippen molar-refractivity contribution in [2.24, 2.45) is 0 Å². The molecule has 14 heavy (non-hydrogen) atoms. The molecule has 1 rings (SSSR count). The fourth-order valence-electron chi connectivity index (χ4n) is 1.60. The normalized spacial score (nSPS) is 20.9. The SMILES string of the molecule is CCOC(=O)OC1(S(C)(C)C)CCC1. The number of rotatable bonds is 3. The first-order valence-electron chi connectivity index (χ1n) is 4.95. The van der Waals surface area contributed by atoms with Gasteiger partial charge in [0.05, 0.1) is 6.61 Å². The Morgan fingerprint density at radius 3 is 2.21 bits per heavy atom. The van der Waals surface area contributed by atoms with Crippen LogP contribution in [0.15, 0.2) is 0 Å². The van der Waals surface area contributed by atoms with E-state index in [0.717, 1.165) is 19.3 Å². The van der Waals surface area contributed by atoms with Crippen molar-refractivity contribution in [1.29, 1.82) is 0 Å². The van der Waals surface area contributed by atoms with E-state index >= 15 is 0 Å². The molecule has 1 aliphatic carbocycles. The Bertz CT molecular complexity index is 216. The lowest BCUT2D eigenvalue weighted by Gasteiger charge is -2.52. The molecule has 1 saturated carbocycles. The van der Waals surface area contributed by atoms with Gasteiger partial charge in [-0.2, -0.15) is 0 Å². The summed E-state index contributed by atoms with van der Waals surface area (Å²) in [6.45, 7) is 2.17. The smallest absolute Gasteiger partial charge is 0.435 e. The van der Waals surface area contributed by atoms with Crippen LogP contribution in [0.5, 0.6) is 0 Å². The summed E-state index contributed by atoms with van der Waals surface area (Å²) in [6, 6.07) is 0. The highest BCUT2D eigenvalue weighted by molar-refractivity contribution is 8.33. The third-order valence-electron chi connectivity index (χ3n) is 2.76. The van der Waals surface area contributed by atoms with Gasteiger partial charge in [0.15, 0.2) is 0 Å².